The van der Waals surface area contributed by atoms with Gasteiger partial charge in [-0.1, -0.05) is 115 Å². The molecule has 0 aromatic heterocycles. The highest BCUT2D eigenvalue weighted by Gasteiger charge is 2.28. The molecule has 0 unspecified atom stereocenters. The average molecular weight is 423 g/mol. The topological polar surface area (TPSA) is 0 Å². The maximum Gasteiger partial charge on any atom is 0.0391 e. The molecule has 0 N–H and O–H groups in total. The highest BCUT2D eigenvalue weighted by atomic mass is 32.4. The summed E-state index contributed by atoms with van der Waals surface area (Å²) in [5.74, 6) is 0. The zero-order chi connectivity index (χ0) is 20.7. The summed E-state index contributed by atoms with van der Waals surface area (Å²) in [5.41, 5.74) is 2.58. The first-order valence-corrected chi connectivity index (χ1v) is 13.0. The molecule has 0 atom stereocenters. The molecule has 0 fully saturated rings. The lowest BCUT2D eigenvalue weighted by Gasteiger charge is -2.27. The molecule has 0 spiro atoms. The Morgan fingerprint density at radius 3 is 1.33 bits per heavy atom. The Labute approximate surface area is 183 Å². The van der Waals surface area contributed by atoms with Crippen LogP contribution >= 0.6 is 6.04 Å². The van der Waals surface area contributed by atoms with Crippen molar-refractivity contribution in [3.63, 3.8) is 0 Å². The van der Waals surface area contributed by atoms with Crippen molar-refractivity contribution >= 4 is 55.3 Å². The van der Waals surface area contributed by atoms with Gasteiger partial charge in [0.2, 0.25) is 0 Å². The molecule has 0 saturated heterocycles. The van der Waals surface area contributed by atoms with E-state index in [1.54, 1.807) is 0 Å². The largest absolute Gasteiger partial charge is 0.0826 e. The van der Waals surface area contributed by atoms with E-state index in [4.69, 9.17) is 11.8 Å². The van der Waals surface area contributed by atoms with Gasteiger partial charge < -0.3 is 0 Å². The first-order valence-electron chi connectivity index (χ1n) is 10.2. The minimum Gasteiger partial charge on any atom is -0.0826 e. The van der Waals surface area contributed by atoms with Gasteiger partial charge in [0.25, 0.3) is 0 Å². The molecule has 146 valence electrons. The SMILES string of the molecule is Cc1ccc(P(=S)(c2ccccc2)c2ccc(C)c3ccccc23)c2ccccc12. The van der Waals surface area contributed by atoms with Crippen molar-refractivity contribution in [3.8, 4) is 0 Å². The van der Waals surface area contributed by atoms with Gasteiger partial charge in [-0.3, -0.25) is 0 Å². The van der Waals surface area contributed by atoms with Crippen LogP contribution in [0.1, 0.15) is 11.1 Å². The number of fused-ring (bicyclic) bond motifs is 2. The van der Waals surface area contributed by atoms with Gasteiger partial charge in [0.15, 0.2) is 0 Å². The maximum absolute atomic E-state index is 6.75. The van der Waals surface area contributed by atoms with Gasteiger partial charge in [0, 0.05) is 16.6 Å². The Kier molecular flexibility index (Phi) is 4.82. The second-order valence-electron chi connectivity index (χ2n) is 7.84. The maximum atomic E-state index is 6.75. The van der Waals surface area contributed by atoms with Crippen LogP contribution in [0.4, 0.5) is 0 Å². The average Bonchev–Trinajstić information content (AvgIpc) is 2.80. The van der Waals surface area contributed by atoms with E-state index in [0.717, 1.165) is 0 Å². The Bertz CT molecular complexity index is 1340. The fraction of sp³-hybridized carbons (Fsp3) is 0.0714. The van der Waals surface area contributed by atoms with E-state index in [-0.39, 0.29) is 0 Å². The molecule has 0 nitrogen and oxygen atoms in total. The van der Waals surface area contributed by atoms with Gasteiger partial charge in [-0.2, -0.15) is 0 Å². The van der Waals surface area contributed by atoms with E-state index in [0.29, 0.717) is 0 Å². The number of benzene rings is 5. The third-order valence-electron chi connectivity index (χ3n) is 6.04. The van der Waals surface area contributed by atoms with E-state index < -0.39 is 6.04 Å². The third kappa shape index (κ3) is 2.93. The van der Waals surface area contributed by atoms with Crippen molar-refractivity contribution in [2.45, 2.75) is 13.8 Å². The zero-order valence-corrected chi connectivity index (χ0v) is 18.9. The molecule has 30 heavy (non-hydrogen) atoms. The lowest BCUT2D eigenvalue weighted by Crippen LogP contribution is -2.26. The first kappa shape index (κ1) is 19.2. The molecule has 0 radical (unpaired) electrons. The summed E-state index contributed by atoms with van der Waals surface area (Å²) >= 11 is 6.75. The fourth-order valence-corrected chi connectivity index (χ4v) is 8.83. The Hall–Kier alpha value is -2.73. The van der Waals surface area contributed by atoms with Crippen LogP contribution in [0.5, 0.6) is 0 Å². The smallest absolute Gasteiger partial charge is 0.0391 e. The van der Waals surface area contributed by atoms with Gasteiger partial charge in [0.05, 0.1) is 0 Å². The summed E-state index contributed by atoms with van der Waals surface area (Å²) in [4.78, 5) is 0. The molecular formula is C28H23PS. The zero-order valence-electron chi connectivity index (χ0n) is 17.2. The summed E-state index contributed by atoms with van der Waals surface area (Å²) < 4.78 is 0. The summed E-state index contributed by atoms with van der Waals surface area (Å²) in [5, 5.41) is 8.91. The number of aryl methyl sites for hydroxylation is 2. The number of hydrogen-bond acceptors (Lipinski definition) is 1. The van der Waals surface area contributed by atoms with Crippen molar-refractivity contribution in [3.05, 3.63) is 114 Å². The molecule has 5 rings (SSSR count). The third-order valence-corrected chi connectivity index (χ3v) is 11.0. The number of rotatable bonds is 3. The van der Waals surface area contributed by atoms with E-state index in [9.17, 15) is 0 Å². The molecule has 5 aromatic rings. The van der Waals surface area contributed by atoms with Crippen LogP contribution in [-0.4, -0.2) is 0 Å². The van der Waals surface area contributed by atoms with E-state index >= 15 is 0 Å². The standard InChI is InChI=1S/C28H23PS/c1-20-16-18-27(25-14-8-6-12-23(20)25)29(30,22-10-4-3-5-11-22)28-19-17-21(2)24-13-7-9-15-26(24)28/h3-19H,1-2H3. The van der Waals surface area contributed by atoms with Crippen LogP contribution in [0.2, 0.25) is 0 Å². The van der Waals surface area contributed by atoms with Crippen molar-refractivity contribution in [1.82, 2.24) is 0 Å². The lowest BCUT2D eigenvalue weighted by molar-refractivity contribution is 1.54. The molecular weight excluding hydrogens is 399 g/mol. The summed E-state index contributed by atoms with van der Waals surface area (Å²) in [7, 11) is 0. The minimum atomic E-state index is -2.27. The quantitative estimate of drug-likeness (QED) is 0.305. The molecule has 0 heterocycles. The summed E-state index contributed by atoms with van der Waals surface area (Å²) in [6.07, 6.45) is 0. The van der Waals surface area contributed by atoms with Crippen LogP contribution < -0.4 is 15.9 Å². The fourth-order valence-electron chi connectivity index (χ4n) is 4.46. The Balaban J connectivity index is 1.95. The summed E-state index contributed by atoms with van der Waals surface area (Å²) in [6, 6.07) is 34.9. The minimum absolute atomic E-state index is 1.24. The predicted molar refractivity (Wildman–Crippen MR) is 137 cm³/mol. The lowest BCUT2D eigenvalue weighted by atomic mass is 10.1. The molecule has 2 heteroatoms. The second-order valence-corrected chi connectivity index (χ2v) is 12.2. The van der Waals surface area contributed by atoms with Gasteiger partial charge >= 0.3 is 0 Å². The van der Waals surface area contributed by atoms with Crippen molar-refractivity contribution in [2.24, 2.45) is 0 Å². The van der Waals surface area contributed by atoms with E-state index in [2.05, 4.69) is 117 Å². The molecule has 0 bridgehead atoms. The van der Waals surface area contributed by atoms with Crippen LogP contribution in [0.15, 0.2) is 103 Å². The normalized spacial score (nSPS) is 11.8. The highest BCUT2D eigenvalue weighted by molar-refractivity contribution is 8.25. The number of hydrogen-bond donors (Lipinski definition) is 0. The molecule has 0 aliphatic rings. The molecule has 5 aromatic carbocycles. The Morgan fingerprint density at radius 2 is 0.867 bits per heavy atom. The molecule has 0 saturated carbocycles. The van der Waals surface area contributed by atoms with Crippen LogP contribution in [0.25, 0.3) is 21.5 Å². The second kappa shape index (κ2) is 7.51. The Morgan fingerprint density at radius 1 is 0.467 bits per heavy atom. The van der Waals surface area contributed by atoms with Gasteiger partial charge in [-0.25, -0.2) is 0 Å². The molecule has 0 aliphatic heterocycles. The van der Waals surface area contributed by atoms with Gasteiger partial charge in [-0.15, -0.1) is 0 Å². The van der Waals surface area contributed by atoms with Gasteiger partial charge in [0.1, 0.15) is 0 Å². The molecule has 0 aliphatic carbocycles. The van der Waals surface area contributed by atoms with Crippen LogP contribution in [0, 0.1) is 13.8 Å². The highest BCUT2D eigenvalue weighted by Crippen LogP contribution is 2.47. The monoisotopic (exact) mass is 422 g/mol. The van der Waals surface area contributed by atoms with Crippen LogP contribution in [-0.2, 0) is 11.8 Å². The predicted octanol–water partition coefficient (Wildman–Crippen LogP) is 6.37. The first-order chi connectivity index (χ1) is 14.6. The van der Waals surface area contributed by atoms with Crippen LogP contribution in [0.3, 0.4) is 0 Å². The summed E-state index contributed by atoms with van der Waals surface area (Å²) in [6.45, 7) is 4.36. The van der Waals surface area contributed by atoms with Crippen molar-refractivity contribution in [1.29, 1.82) is 0 Å². The van der Waals surface area contributed by atoms with Crippen molar-refractivity contribution < 1.29 is 0 Å². The van der Waals surface area contributed by atoms with Gasteiger partial charge in [-0.05, 0) is 51.8 Å². The van der Waals surface area contributed by atoms with E-state index in [1.807, 2.05) is 0 Å². The van der Waals surface area contributed by atoms with Crippen molar-refractivity contribution in [2.75, 3.05) is 0 Å². The molecule has 0 amide bonds. The van der Waals surface area contributed by atoms with E-state index in [1.165, 1.54) is 48.6 Å².